The van der Waals surface area contributed by atoms with Crippen molar-refractivity contribution in [2.45, 2.75) is 38.5 Å². The summed E-state index contributed by atoms with van der Waals surface area (Å²) in [5.74, 6) is -1.14. The summed E-state index contributed by atoms with van der Waals surface area (Å²) in [6.07, 6.45) is 0.364. The van der Waals surface area contributed by atoms with E-state index < -0.39 is 11.2 Å². The lowest BCUT2D eigenvalue weighted by molar-refractivity contribution is -0.144. The maximum atomic E-state index is 11.1. The van der Waals surface area contributed by atoms with Crippen LogP contribution in [-0.4, -0.2) is 34.2 Å². The molecule has 14 heavy (non-hydrogen) atoms. The number of aliphatic carboxylic acids is 1. The molecule has 0 fully saturated rings. The number of rotatable bonds is 6. The normalized spacial score (nSPS) is 12.6. The highest BCUT2D eigenvalue weighted by molar-refractivity contribution is 8.01. The first-order valence-electron chi connectivity index (χ1n) is 4.51. The summed E-state index contributed by atoms with van der Waals surface area (Å²) in [5, 5.41) is 8.18. The third kappa shape index (κ3) is 5.85. The molecule has 1 atom stereocenters. The molecule has 0 aromatic carbocycles. The molecule has 0 amide bonds. The quantitative estimate of drug-likeness (QED) is 0.688. The van der Waals surface area contributed by atoms with E-state index in [1.54, 1.807) is 20.8 Å². The number of thioether (sulfide) groups is 1. The first kappa shape index (κ1) is 13.3. The van der Waals surface area contributed by atoms with Crippen molar-refractivity contribution in [1.29, 1.82) is 0 Å². The molecule has 0 aromatic heterocycles. The van der Waals surface area contributed by atoms with Crippen LogP contribution < -0.4 is 0 Å². The van der Waals surface area contributed by atoms with E-state index in [1.807, 2.05) is 0 Å². The van der Waals surface area contributed by atoms with Gasteiger partial charge in [-0.05, 0) is 20.3 Å². The van der Waals surface area contributed by atoms with Crippen LogP contribution in [0.5, 0.6) is 0 Å². The van der Waals surface area contributed by atoms with Crippen LogP contribution in [0.25, 0.3) is 0 Å². The Morgan fingerprint density at radius 2 is 2.00 bits per heavy atom. The Morgan fingerprint density at radius 3 is 2.36 bits per heavy atom. The molecule has 0 saturated heterocycles. The van der Waals surface area contributed by atoms with E-state index in [1.165, 1.54) is 0 Å². The topological polar surface area (TPSA) is 63.6 Å². The van der Waals surface area contributed by atoms with Gasteiger partial charge in [-0.2, -0.15) is 0 Å². The van der Waals surface area contributed by atoms with Gasteiger partial charge in [0, 0.05) is 0 Å². The Kier molecular flexibility index (Phi) is 6.36. The fourth-order valence-electron chi connectivity index (χ4n) is 0.829. The number of carboxylic acid groups (broad SMARTS) is 1. The van der Waals surface area contributed by atoms with Crippen LogP contribution in [0, 0.1) is 0 Å². The summed E-state index contributed by atoms with van der Waals surface area (Å²) in [6.45, 7) is 5.30. The zero-order valence-electron chi connectivity index (χ0n) is 8.65. The van der Waals surface area contributed by atoms with Gasteiger partial charge < -0.3 is 9.84 Å². The van der Waals surface area contributed by atoms with Crippen molar-refractivity contribution in [3.8, 4) is 0 Å². The summed E-state index contributed by atoms with van der Waals surface area (Å²) < 4.78 is 4.87. The van der Waals surface area contributed by atoms with Crippen molar-refractivity contribution in [2.75, 3.05) is 5.75 Å². The molecular formula is C9H16O4S. The van der Waals surface area contributed by atoms with Crippen LogP contribution in [-0.2, 0) is 14.3 Å². The fraction of sp³-hybridized carbons (Fsp3) is 0.778. The molecule has 0 heterocycles. The molecular weight excluding hydrogens is 204 g/mol. The van der Waals surface area contributed by atoms with Gasteiger partial charge in [0.25, 0.3) is 0 Å². The number of ether oxygens (including phenoxy) is 1. The highest BCUT2D eigenvalue weighted by Crippen LogP contribution is 2.15. The fourth-order valence-corrected chi connectivity index (χ4v) is 1.61. The smallest absolute Gasteiger partial charge is 0.316 e. The van der Waals surface area contributed by atoms with Crippen molar-refractivity contribution >= 4 is 23.7 Å². The van der Waals surface area contributed by atoms with E-state index in [0.29, 0.717) is 6.42 Å². The summed E-state index contributed by atoms with van der Waals surface area (Å²) >= 11 is 1.11. The molecule has 1 N–H and O–H groups in total. The van der Waals surface area contributed by atoms with E-state index in [2.05, 4.69) is 0 Å². The predicted octanol–water partition coefficient (Wildman–Crippen LogP) is 1.53. The first-order chi connectivity index (χ1) is 6.47. The Hall–Kier alpha value is -0.710. The molecule has 0 rings (SSSR count). The second kappa shape index (κ2) is 6.70. The molecule has 0 aliphatic carbocycles. The lowest BCUT2D eigenvalue weighted by Crippen LogP contribution is -2.20. The van der Waals surface area contributed by atoms with Crippen LogP contribution in [0.3, 0.4) is 0 Å². The maximum Gasteiger partial charge on any atom is 0.316 e. The summed E-state index contributed by atoms with van der Waals surface area (Å²) in [6, 6.07) is 0. The SMILES string of the molecule is CCC(SCC(=O)OC(C)C)C(=O)O. The van der Waals surface area contributed by atoms with Crippen LogP contribution in [0.1, 0.15) is 27.2 Å². The van der Waals surface area contributed by atoms with Crippen molar-refractivity contribution in [3.63, 3.8) is 0 Å². The van der Waals surface area contributed by atoms with Gasteiger partial charge in [0.05, 0.1) is 11.9 Å². The van der Waals surface area contributed by atoms with Crippen LogP contribution >= 0.6 is 11.8 Å². The van der Waals surface area contributed by atoms with Crippen LogP contribution in [0.15, 0.2) is 0 Å². The molecule has 1 unspecified atom stereocenters. The third-order valence-corrected chi connectivity index (χ3v) is 2.76. The number of hydrogen-bond acceptors (Lipinski definition) is 4. The molecule has 0 saturated carbocycles. The molecule has 0 aromatic rings. The van der Waals surface area contributed by atoms with Crippen molar-refractivity contribution in [1.82, 2.24) is 0 Å². The lowest BCUT2D eigenvalue weighted by Gasteiger charge is -2.10. The van der Waals surface area contributed by atoms with Crippen LogP contribution in [0.2, 0.25) is 0 Å². The molecule has 0 bridgehead atoms. The Labute approximate surface area is 88.0 Å². The third-order valence-electron chi connectivity index (χ3n) is 1.42. The standard InChI is InChI=1S/C9H16O4S/c1-4-7(9(11)12)14-5-8(10)13-6(2)3/h6-7H,4-5H2,1-3H3,(H,11,12). The van der Waals surface area contributed by atoms with Gasteiger partial charge in [-0.25, -0.2) is 0 Å². The van der Waals surface area contributed by atoms with E-state index >= 15 is 0 Å². The van der Waals surface area contributed by atoms with Gasteiger partial charge in [0.2, 0.25) is 0 Å². The Bertz CT molecular complexity index is 203. The number of hydrogen-bond donors (Lipinski definition) is 1. The van der Waals surface area contributed by atoms with Crippen molar-refractivity contribution < 1.29 is 19.4 Å². The maximum absolute atomic E-state index is 11.1. The summed E-state index contributed by atoms with van der Waals surface area (Å²) in [4.78, 5) is 21.7. The van der Waals surface area contributed by atoms with Gasteiger partial charge in [0.1, 0.15) is 5.25 Å². The highest BCUT2D eigenvalue weighted by Gasteiger charge is 2.17. The van der Waals surface area contributed by atoms with Gasteiger partial charge in [-0.1, -0.05) is 6.92 Å². The van der Waals surface area contributed by atoms with E-state index in [-0.39, 0.29) is 17.8 Å². The number of carboxylic acids is 1. The molecule has 0 aliphatic rings. The molecule has 0 spiro atoms. The average Bonchev–Trinajstić information content (AvgIpc) is 2.03. The van der Waals surface area contributed by atoms with Crippen LogP contribution in [0.4, 0.5) is 0 Å². The minimum absolute atomic E-state index is 0.100. The second-order valence-electron chi connectivity index (χ2n) is 3.08. The van der Waals surface area contributed by atoms with E-state index in [9.17, 15) is 9.59 Å². The largest absolute Gasteiger partial charge is 0.480 e. The molecule has 82 valence electrons. The Morgan fingerprint density at radius 1 is 1.43 bits per heavy atom. The average molecular weight is 220 g/mol. The number of carbonyl (C=O) groups excluding carboxylic acids is 1. The van der Waals surface area contributed by atoms with Gasteiger partial charge in [-0.15, -0.1) is 11.8 Å². The molecule has 4 nitrogen and oxygen atoms in total. The monoisotopic (exact) mass is 220 g/mol. The minimum atomic E-state index is -0.880. The van der Waals surface area contributed by atoms with Crippen molar-refractivity contribution in [2.24, 2.45) is 0 Å². The summed E-state index contributed by atoms with van der Waals surface area (Å²) in [7, 11) is 0. The lowest BCUT2D eigenvalue weighted by atomic mass is 10.3. The zero-order valence-corrected chi connectivity index (χ0v) is 9.47. The van der Waals surface area contributed by atoms with E-state index in [0.717, 1.165) is 11.8 Å². The zero-order chi connectivity index (χ0) is 11.1. The Balaban J connectivity index is 3.80. The number of esters is 1. The molecule has 0 radical (unpaired) electrons. The first-order valence-corrected chi connectivity index (χ1v) is 5.56. The predicted molar refractivity (Wildman–Crippen MR) is 55.4 cm³/mol. The second-order valence-corrected chi connectivity index (χ2v) is 4.28. The summed E-state index contributed by atoms with van der Waals surface area (Å²) in [5.41, 5.74) is 0. The van der Waals surface area contributed by atoms with Gasteiger partial charge >= 0.3 is 11.9 Å². The van der Waals surface area contributed by atoms with E-state index in [4.69, 9.17) is 9.84 Å². The molecule has 5 heteroatoms. The highest BCUT2D eigenvalue weighted by atomic mass is 32.2. The van der Waals surface area contributed by atoms with Gasteiger partial charge in [-0.3, -0.25) is 9.59 Å². The van der Waals surface area contributed by atoms with Crippen molar-refractivity contribution in [3.05, 3.63) is 0 Å². The number of carbonyl (C=O) groups is 2. The van der Waals surface area contributed by atoms with Gasteiger partial charge in [0.15, 0.2) is 0 Å². The minimum Gasteiger partial charge on any atom is -0.480 e. The molecule has 0 aliphatic heterocycles.